The highest BCUT2D eigenvalue weighted by Crippen LogP contribution is 1.98. The summed E-state index contributed by atoms with van der Waals surface area (Å²) in [7, 11) is 0. The van der Waals surface area contributed by atoms with Crippen molar-refractivity contribution in [2.75, 3.05) is 0 Å². The minimum Gasteiger partial charge on any atom is -0.261 e. The third-order valence-electron chi connectivity index (χ3n) is 1.27. The number of pyridine rings is 1. The van der Waals surface area contributed by atoms with Crippen molar-refractivity contribution >= 4 is 0 Å². The molecule has 0 spiro atoms. The lowest BCUT2D eigenvalue weighted by Crippen LogP contribution is -1.81. The predicted octanol–water partition coefficient (Wildman–Crippen LogP) is 3.36. The van der Waals surface area contributed by atoms with Gasteiger partial charge in [0.1, 0.15) is 0 Å². The highest BCUT2D eigenvalue weighted by Gasteiger charge is 1.85. The molecule has 0 aliphatic carbocycles. The second-order valence-electron chi connectivity index (χ2n) is 1.91. The van der Waals surface area contributed by atoms with E-state index in [4.69, 9.17) is 0 Å². The summed E-state index contributed by atoms with van der Waals surface area (Å²) >= 11 is 0. The van der Waals surface area contributed by atoms with Crippen molar-refractivity contribution in [3.05, 3.63) is 29.6 Å². The molecule has 1 nitrogen and oxygen atoms in total. The molecule has 1 rings (SSSR count). The minimum absolute atomic E-state index is 0. The van der Waals surface area contributed by atoms with E-state index in [1.54, 1.807) is 0 Å². The predicted molar refractivity (Wildman–Crippen MR) is 51.8 cm³/mol. The van der Waals surface area contributed by atoms with Gasteiger partial charge in [0.15, 0.2) is 0 Å². The molecule has 0 unspecified atom stereocenters. The first-order chi connectivity index (χ1) is 4.80. The summed E-state index contributed by atoms with van der Waals surface area (Å²) in [5.74, 6) is 0. The van der Waals surface area contributed by atoms with E-state index < -0.39 is 0 Å². The quantitative estimate of drug-likeness (QED) is 0.557. The second-order valence-corrected chi connectivity index (χ2v) is 1.91. The van der Waals surface area contributed by atoms with E-state index in [0.29, 0.717) is 0 Å². The van der Waals surface area contributed by atoms with Gasteiger partial charge in [-0.3, -0.25) is 4.98 Å². The molecule has 0 saturated carbocycles. The van der Waals surface area contributed by atoms with Crippen LogP contribution in [0.4, 0.5) is 0 Å². The topological polar surface area (TPSA) is 12.9 Å². The average Bonchev–Trinajstić information content (AvgIpc) is 2.00. The molecule has 0 aliphatic heterocycles. The number of hydrogen-bond donors (Lipinski definition) is 0. The molecular formula is C10H19N. The van der Waals surface area contributed by atoms with Crippen LogP contribution in [0.3, 0.4) is 0 Å². The van der Waals surface area contributed by atoms with Crippen molar-refractivity contribution < 1.29 is 0 Å². The van der Waals surface area contributed by atoms with E-state index in [9.17, 15) is 0 Å². The van der Waals surface area contributed by atoms with Gasteiger partial charge in [0.2, 0.25) is 0 Å². The molecule has 1 heterocycles. The smallest absolute Gasteiger partial charge is 0.0401 e. The maximum Gasteiger partial charge on any atom is 0.0401 e. The van der Waals surface area contributed by atoms with Crippen molar-refractivity contribution in [1.29, 1.82) is 0 Å². The Hall–Kier alpha value is -0.850. The van der Waals surface area contributed by atoms with E-state index in [0.717, 1.165) is 5.69 Å². The molecular weight excluding hydrogens is 134 g/mol. The number of aromatic nitrogens is 1. The fourth-order valence-corrected chi connectivity index (χ4v) is 0.565. The maximum atomic E-state index is 4.08. The van der Waals surface area contributed by atoms with Crippen LogP contribution in [0, 0.1) is 13.8 Å². The Morgan fingerprint density at radius 2 is 1.73 bits per heavy atom. The lowest BCUT2D eigenvalue weighted by Gasteiger charge is -1.92. The SMILES string of the molecule is C.CC.Cc1cccnc1C. The molecule has 0 radical (unpaired) electrons. The Balaban J connectivity index is 0. The minimum atomic E-state index is 0. The van der Waals surface area contributed by atoms with Crippen LogP contribution < -0.4 is 0 Å². The van der Waals surface area contributed by atoms with E-state index in [-0.39, 0.29) is 7.43 Å². The summed E-state index contributed by atoms with van der Waals surface area (Å²) in [4.78, 5) is 4.08. The van der Waals surface area contributed by atoms with E-state index >= 15 is 0 Å². The largest absolute Gasteiger partial charge is 0.261 e. The molecule has 1 aromatic heterocycles. The Morgan fingerprint density at radius 3 is 2.00 bits per heavy atom. The normalized spacial score (nSPS) is 7.27. The Labute approximate surface area is 70.5 Å². The van der Waals surface area contributed by atoms with Crippen LogP contribution in [0.2, 0.25) is 0 Å². The van der Waals surface area contributed by atoms with Crippen molar-refractivity contribution in [2.24, 2.45) is 0 Å². The lowest BCUT2D eigenvalue weighted by atomic mass is 10.2. The zero-order chi connectivity index (χ0) is 7.98. The molecule has 1 aromatic rings. The number of rotatable bonds is 0. The number of nitrogens with zero attached hydrogens (tertiary/aromatic N) is 1. The second kappa shape index (κ2) is 7.26. The van der Waals surface area contributed by atoms with Crippen molar-refractivity contribution in [1.82, 2.24) is 4.98 Å². The molecule has 0 amide bonds. The van der Waals surface area contributed by atoms with Gasteiger partial charge in [0, 0.05) is 11.9 Å². The van der Waals surface area contributed by atoms with Crippen LogP contribution in [0.1, 0.15) is 32.5 Å². The first kappa shape index (κ1) is 12.8. The molecule has 11 heavy (non-hydrogen) atoms. The first-order valence-corrected chi connectivity index (χ1v) is 3.69. The Kier molecular flexibility index (Phi) is 8.44. The zero-order valence-electron chi connectivity index (χ0n) is 7.18. The van der Waals surface area contributed by atoms with E-state index in [1.807, 2.05) is 33.0 Å². The van der Waals surface area contributed by atoms with Crippen LogP contribution in [0.5, 0.6) is 0 Å². The van der Waals surface area contributed by atoms with Gasteiger partial charge < -0.3 is 0 Å². The fourth-order valence-electron chi connectivity index (χ4n) is 0.565. The monoisotopic (exact) mass is 153 g/mol. The van der Waals surface area contributed by atoms with E-state index in [1.165, 1.54) is 5.56 Å². The standard InChI is InChI=1S/C7H9N.C2H6.CH4/c1-6-4-3-5-8-7(6)2;1-2;/h3-5H,1-2H3;1-2H3;1H4. The fraction of sp³-hybridized carbons (Fsp3) is 0.500. The third-order valence-corrected chi connectivity index (χ3v) is 1.27. The van der Waals surface area contributed by atoms with Gasteiger partial charge in [0.05, 0.1) is 0 Å². The van der Waals surface area contributed by atoms with Crippen LogP contribution in [-0.2, 0) is 0 Å². The van der Waals surface area contributed by atoms with Gasteiger partial charge >= 0.3 is 0 Å². The molecule has 0 saturated heterocycles. The van der Waals surface area contributed by atoms with Crippen molar-refractivity contribution in [2.45, 2.75) is 35.1 Å². The van der Waals surface area contributed by atoms with Crippen LogP contribution >= 0.6 is 0 Å². The lowest BCUT2D eigenvalue weighted by molar-refractivity contribution is 1.15. The molecule has 0 N–H and O–H groups in total. The molecule has 0 aliphatic rings. The molecule has 64 valence electrons. The zero-order valence-corrected chi connectivity index (χ0v) is 7.18. The van der Waals surface area contributed by atoms with Gasteiger partial charge in [-0.05, 0) is 25.5 Å². The number of aryl methyl sites for hydroxylation is 2. The Morgan fingerprint density at radius 1 is 1.18 bits per heavy atom. The molecule has 0 aromatic carbocycles. The maximum absolute atomic E-state index is 4.08. The Bertz CT molecular complexity index is 161. The molecule has 0 atom stereocenters. The summed E-state index contributed by atoms with van der Waals surface area (Å²) in [5.41, 5.74) is 2.38. The van der Waals surface area contributed by atoms with Gasteiger partial charge in [-0.15, -0.1) is 0 Å². The highest BCUT2D eigenvalue weighted by atomic mass is 14.6. The third kappa shape index (κ3) is 4.54. The van der Waals surface area contributed by atoms with Crippen LogP contribution in [-0.4, -0.2) is 4.98 Å². The summed E-state index contributed by atoms with van der Waals surface area (Å²) in [6.45, 7) is 8.07. The van der Waals surface area contributed by atoms with Crippen LogP contribution in [0.15, 0.2) is 18.3 Å². The molecule has 0 fully saturated rings. The summed E-state index contributed by atoms with van der Waals surface area (Å²) in [6, 6.07) is 4.00. The summed E-state index contributed by atoms with van der Waals surface area (Å²) < 4.78 is 0. The van der Waals surface area contributed by atoms with Crippen molar-refractivity contribution in [3.8, 4) is 0 Å². The summed E-state index contributed by atoms with van der Waals surface area (Å²) in [5, 5.41) is 0. The molecule has 0 bridgehead atoms. The van der Waals surface area contributed by atoms with Gasteiger partial charge in [-0.2, -0.15) is 0 Å². The van der Waals surface area contributed by atoms with Gasteiger partial charge in [-0.1, -0.05) is 27.3 Å². The van der Waals surface area contributed by atoms with Gasteiger partial charge in [-0.25, -0.2) is 0 Å². The van der Waals surface area contributed by atoms with Gasteiger partial charge in [0.25, 0.3) is 0 Å². The summed E-state index contributed by atoms with van der Waals surface area (Å²) in [6.07, 6.45) is 1.81. The van der Waals surface area contributed by atoms with E-state index in [2.05, 4.69) is 18.0 Å². The highest BCUT2D eigenvalue weighted by molar-refractivity contribution is 5.15. The number of hydrogen-bond acceptors (Lipinski definition) is 1. The first-order valence-electron chi connectivity index (χ1n) is 3.69. The van der Waals surface area contributed by atoms with Crippen molar-refractivity contribution in [3.63, 3.8) is 0 Å². The molecule has 1 heteroatoms. The van der Waals surface area contributed by atoms with Crippen LogP contribution in [0.25, 0.3) is 0 Å². The average molecular weight is 153 g/mol.